The lowest BCUT2D eigenvalue weighted by Crippen LogP contribution is -2.43. The first-order valence-electron chi connectivity index (χ1n) is 5.04. The molecule has 9 heteroatoms. The van der Waals surface area contributed by atoms with Gasteiger partial charge in [0.2, 0.25) is 0 Å². The minimum atomic E-state index is -1.97. The number of methoxy groups -OCH3 is 1. The van der Waals surface area contributed by atoms with Crippen molar-refractivity contribution < 1.29 is 19.6 Å². The van der Waals surface area contributed by atoms with Gasteiger partial charge in [0, 0.05) is 6.07 Å². The van der Waals surface area contributed by atoms with E-state index in [1.807, 2.05) is 0 Å². The van der Waals surface area contributed by atoms with Crippen LogP contribution in [0.2, 0.25) is 0 Å². The van der Waals surface area contributed by atoms with Crippen molar-refractivity contribution in [3.8, 4) is 0 Å². The smallest absolute Gasteiger partial charge is 0.339 e. The molecule has 0 aliphatic carbocycles. The highest BCUT2D eigenvalue weighted by molar-refractivity contribution is 9.10. The molecule has 0 saturated heterocycles. The number of aromatic nitrogens is 1. The SMILES string of the molecule is COC(=O)C(C)(O)Cn1cc([N+](=O)[O-])cc(Br)c1=O. The molecule has 8 nitrogen and oxygen atoms in total. The molecule has 0 bridgehead atoms. The highest BCUT2D eigenvalue weighted by atomic mass is 79.9. The van der Waals surface area contributed by atoms with E-state index in [0.29, 0.717) is 0 Å². The topological polar surface area (TPSA) is 112 Å². The predicted octanol–water partition coefficient (Wildman–Crippen LogP) is 0.443. The largest absolute Gasteiger partial charge is 0.467 e. The molecule has 19 heavy (non-hydrogen) atoms. The van der Waals surface area contributed by atoms with Crippen LogP contribution in [0.5, 0.6) is 0 Å². The fraction of sp³-hybridized carbons (Fsp3) is 0.400. The summed E-state index contributed by atoms with van der Waals surface area (Å²) in [4.78, 5) is 33.1. The fourth-order valence-corrected chi connectivity index (χ4v) is 1.88. The molecule has 1 rings (SSSR count). The van der Waals surface area contributed by atoms with E-state index < -0.39 is 28.6 Å². The maximum atomic E-state index is 11.8. The van der Waals surface area contributed by atoms with Gasteiger partial charge in [-0.2, -0.15) is 0 Å². The number of esters is 1. The summed E-state index contributed by atoms with van der Waals surface area (Å²) in [6, 6.07) is 1.05. The Balaban J connectivity index is 3.25. The summed E-state index contributed by atoms with van der Waals surface area (Å²) in [5.41, 5.74) is -2.91. The van der Waals surface area contributed by atoms with E-state index >= 15 is 0 Å². The van der Waals surface area contributed by atoms with Crippen LogP contribution in [0.25, 0.3) is 0 Å². The number of aliphatic hydroxyl groups is 1. The Morgan fingerprint density at radius 1 is 1.68 bits per heavy atom. The number of halogens is 1. The Labute approximate surface area is 115 Å². The summed E-state index contributed by atoms with van der Waals surface area (Å²) in [5.74, 6) is -0.943. The molecular weight excluding hydrogens is 324 g/mol. The molecule has 0 fully saturated rings. The fourth-order valence-electron chi connectivity index (χ4n) is 1.42. The summed E-state index contributed by atoms with van der Waals surface area (Å²) in [5, 5.41) is 20.5. The van der Waals surface area contributed by atoms with Gasteiger partial charge >= 0.3 is 5.97 Å². The van der Waals surface area contributed by atoms with Gasteiger partial charge in [-0.3, -0.25) is 14.9 Å². The van der Waals surface area contributed by atoms with Crippen molar-refractivity contribution >= 4 is 27.6 Å². The first-order chi connectivity index (χ1) is 8.69. The second-order valence-electron chi connectivity index (χ2n) is 4.00. The van der Waals surface area contributed by atoms with E-state index in [4.69, 9.17) is 0 Å². The molecule has 0 aliphatic rings. The van der Waals surface area contributed by atoms with E-state index in [2.05, 4.69) is 20.7 Å². The zero-order valence-corrected chi connectivity index (χ0v) is 11.7. The number of ether oxygens (including phenoxy) is 1. The highest BCUT2D eigenvalue weighted by Crippen LogP contribution is 2.16. The summed E-state index contributed by atoms with van der Waals surface area (Å²) >= 11 is 2.89. The molecule has 1 heterocycles. The van der Waals surface area contributed by atoms with Crippen molar-refractivity contribution in [1.29, 1.82) is 0 Å². The van der Waals surface area contributed by atoms with Crippen molar-refractivity contribution in [2.24, 2.45) is 0 Å². The Bertz CT molecular complexity index is 580. The maximum Gasteiger partial charge on any atom is 0.339 e. The minimum Gasteiger partial charge on any atom is -0.467 e. The van der Waals surface area contributed by atoms with Gasteiger partial charge in [-0.15, -0.1) is 0 Å². The third-order valence-electron chi connectivity index (χ3n) is 2.34. The van der Waals surface area contributed by atoms with Crippen LogP contribution in [-0.2, 0) is 16.1 Å². The average molecular weight is 335 g/mol. The van der Waals surface area contributed by atoms with Crippen molar-refractivity contribution in [3.05, 3.63) is 37.2 Å². The molecule has 1 N–H and O–H groups in total. The molecule has 1 unspecified atom stereocenters. The Hall–Kier alpha value is -1.74. The van der Waals surface area contributed by atoms with E-state index in [0.717, 1.165) is 30.9 Å². The first kappa shape index (κ1) is 15.3. The molecule has 1 aromatic heterocycles. The van der Waals surface area contributed by atoms with Gasteiger partial charge in [-0.25, -0.2) is 4.79 Å². The van der Waals surface area contributed by atoms with Crippen LogP contribution in [0.15, 0.2) is 21.5 Å². The molecule has 1 aromatic rings. The zero-order chi connectivity index (χ0) is 14.8. The van der Waals surface area contributed by atoms with Crippen LogP contribution in [0.3, 0.4) is 0 Å². The lowest BCUT2D eigenvalue weighted by Gasteiger charge is -2.21. The summed E-state index contributed by atoms with van der Waals surface area (Å²) in [6.07, 6.45) is 0.949. The minimum absolute atomic E-state index is 0.0395. The zero-order valence-electron chi connectivity index (χ0n) is 10.1. The summed E-state index contributed by atoms with van der Waals surface area (Å²) < 4.78 is 5.22. The number of pyridine rings is 1. The van der Waals surface area contributed by atoms with Crippen molar-refractivity contribution in [2.45, 2.75) is 19.1 Å². The third-order valence-corrected chi connectivity index (χ3v) is 2.91. The van der Waals surface area contributed by atoms with E-state index in [1.165, 1.54) is 0 Å². The van der Waals surface area contributed by atoms with E-state index in [9.17, 15) is 24.8 Å². The van der Waals surface area contributed by atoms with E-state index in [1.54, 1.807) is 0 Å². The summed E-state index contributed by atoms with van der Waals surface area (Å²) in [7, 11) is 1.09. The molecule has 0 saturated carbocycles. The summed E-state index contributed by atoms with van der Waals surface area (Å²) in [6.45, 7) is 0.691. The number of carbonyl (C=O) groups is 1. The molecule has 0 spiro atoms. The van der Waals surface area contributed by atoms with Crippen LogP contribution >= 0.6 is 15.9 Å². The van der Waals surface area contributed by atoms with Gasteiger partial charge in [0.15, 0.2) is 5.60 Å². The average Bonchev–Trinajstić information content (AvgIpc) is 2.32. The standard InChI is InChI=1S/C10H11BrN2O6/c1-10(16,9(15)19-2)5-12-4-6(13(17)18)3-7(11)8(12)14/h3-4,16H,5H2,1-2H3. The number of nitrogens with zero attached hydrogens (tertiary/aromatic N) is 2. The van der Waals surface area contributed by atoms with Crippen LogP contribution < -0.4 is 5.56 Å². The quantitative estimate of drug-likeness (QED) is 0.486. The molecule has 104 valence electrons. The molecule has 0 aliphatic heterocycles. The van der Waals surface area contributed by atoms with Crippen molar-refractivity contribution in [3.63, 3.8) is 0 Å². The molecular formula is C10H11BrN2O6. The number of carbonyl (C=O) groups excluding carboxylic acids is 1. The van der Waals surface area contributed by atoms with Crippen LogP contribution in [-0.4, -0.2) is 33.3 Å². The Morgan fingerprint density at radius 3 is 2.74 bits per heavy atom. The molecule has 0 aromatic carbocycles. The molecule has 0 amide bonds. The first-order valence-corrected chi connectivity index (χ1v) is 5.83. The number of rotatable bonds is 4. The normalized spacial score (nSPS) is 13.7. The van der Waals surface area contributed by atoms with Gasteiger partial charge in [-0.05, 0) is 22.9 Å². The van der Waals surface area contributed by atoms with Gasteiger partial charge in [0.25, 0.3) is 11.2 Å². The Kier molecular flexibility index (Phi) is 4.43. The molecule has 0 radical (unpaired) electrons. The van der Waals surface area contributed by atoms with Crippen LogP contribution in [0, 0.1) is 10.1 Å². The van der Waals surface area contributed by atoms with Gasteiger partial charge in [-0.1, -0.05) is 0 Å². The van der Waals surface area contributed by atoms with Gasteiger partial charge in [0.05, 0.1) is 29.2 Å². The van der Waals surface area contributed by atoms with Gasteiger partial charge in [0.1, 0.15) is 0 Å². The Morgan fingerprint density at radius 2 is 2.26 bits per heavy atom. The second-order valence-corrected chi connectivity index (χ2v) is 4.86. The number of hydrogen-bond acceptors (Lipinski definition) is 6. The van der Waals surface area contributed by atoms with E-state index in [-0.39, 0.29) is 10.2 Å². The van der Waals surface area contributed by atoms with Gasteiger partial charge < -0.3 is 14.4 Å². The highest BCUT2D eigenvalue weighted by Gasteiger charge is 2.33. The lowest BCUT2D eigenvalue weighted by atomic mass is 10.1. The number of nitro groups is 1. The van der Waals surface area contributed by atoms with Crippen molar-refractivity contribution in [1.82, 2.24) is 4.57 Å². The molecule has 1 atom stereocenters. The maximum absolute atomic E-state index is 11.8. The van der Waals surface area contributed by atoms with Crippen LogP contribution in [0.4, 0.5) is 5.69 Å². The predicted molar refractivity (Wildman–Crippen MR) is 67.7 cm³/mol. The second kappa shape index (κ2) is 5.49. The van der Waals surface area contributed by atoms with Crippen molar-refractivity contribution in [2.75, 3.05) is 7.11 Å². The third kappa shape index (κ3) is 3.38. The lowest BCUT2D eigenvalue weighted by molar-refractivity contribution is -0.385. The van der Waals surface area contributed by atoms with Crippen LogP contribution in [0.1, 0.15) is 6.92 Å². The monoisotopic (exact) mass is 334 g/mol. The number of hydrogen-bond donors (Lipinski definition) is 1.